The van der Waals surface area contributed by atoms with Crippen molar-refractivity contribution in [1.29, 1.82) is 0 Å². The topological polar surface area (TPSA) is 71.8 Å². The summed E-state index contributed by atoms with van der Waals surface area (Å²) >= 11 is 0. The van der Waals surface area contributed by atoms with Gasteiger partial charge in [-0.25, -0.2) is 0 Å². The van der Waals surface area contributed by atoms with Crippen molar-refractivity contribution >= 4 is 5.91 Å². The standard InChI is InChI=1S/C12H23N5O/c1-9(2)10(3)15-12(18)7-13-6-5-11-16-14-8-17(11)4/h8-10,13H,5-7H2,1-4H3,(H,15,18). The molecular weight excluding hydrogens is 230 g/mol. The fourth-order valence-corrected chi connectivity index (χ4v) is 1.41. The minimum Gasteiger partial charge on any atom is -0.352 e. The molecule has 6 nitrogen and oxygen atoms in total. The Hall–Kier alpha value is -1.43. The smallest absolute Gasteiger partial charge is 0.234 e. The number of rotatable bonds is 7. The SMILES string of the molecule is CC(C)C(C)NC(=O)CNCCc1nncn1C. The minimum absolute atomic E-state index is 0.0363. The Labute approximate surface area is 108 Å². The average molecular weight is 253 g/mol. The van der Waals surface area contributed by atoms with Gasteiger partial charge in [-0.05, 0) is 12.8 Å². The molecular formula is C12H23N5O. The summed E-state index contributed by atoms with van der Waals surface area (Å²) in [6.07, 6.45) is 2.44. The zero-order chi connectivity index (χ0) is 13.5. The highest BCUT2D eigenvalue weighted by Crippen LogP contribution is 1.98. The Bertz CT molecular complexity index is 374. The largest absolute Gasteiger partial charge is 0.352 e. The second-order valence-corrected chi connectivity index (χ2v) is 4.89. The monoisotopic (exact) mass is 253 g/mol. The van der Waals surface area contributed by atoms with Crippen LogP contribution in [-0.4, -0.2) is 39.8 Å². The van der Waals surface area contributed by atoms with E-state index in [-0.39, 0.29) is 11.9 Å². The molecule has 0 aromatic carbocycles. The molecule has 0 aliphatic carbocycles. The van der Waals surface area contributed by atoms with Crippen molar-refractivity contribution in [3.63, 3.8) is 0 Å². The van der Waals surface area contributed by atoms with E-state index < -0.39 is 0 Å². The maximum Gasteiger partial charge on any atom is 0.234 e. The minimum atomic E-state index is 0.0363. The van der Waals surface area contributed by atoms with Crippen LogP contribution in [0.2, 0.25) is 0 Å². The molecule has 102 valence electrons. The maximum absolute atomic E-state index is 11.6. The van der Waals surface area contributed by atoms with E-state index in [1.807, 2.05) is 18.5 Å². The first-order valence-electron chi connectivity index (χ1n) is 6.33. The van der Waals surface area contributed by atoms with Crippen LogP contribution in [0.1, 0.15) is 26.6 Å². The Balaban J connectivity index is 2.14. The van der Waals surface area contributed by atoms with Crippen LogP contribution in [0.3, 0.4) is 0 Å². The quantitative estimate of drug-likeness (QED) is 0.677. The molecule has 6 heteroatoms. The van der Waals surface area contributed by atoms with Crippen molar-refractivity contribution in [2.45, 2.75) is 33.2 Å². The van der Waals surface area contributed by atoms with Gasteiger partial charge in [-0.2, -0.15) is 0 Å². The van der Waals surface area contributed by atoms with E-state index in [2.05, 4.69) is 34.7 Å². The van der Waals surface area contributed by atoms with Gasteiger partial charge in [-0.1, -0.05) is 13.8 Å². The number of carbonyl (C=O) groups is 1. The first-order valence-corrected chi connectivity index (χ1v) is 6.33. The number of hydrogen-bond donors (Lipinski definition) is 2. The van der Waals surface area contributed by atoms with Gasteiger partial charge in [0.05, 0.1) is 6.54 Å². The number of hydrogen-bond acceptors (Lipinski definition) is 4. The highest BCUT2D eigenvalue weighted by molar-refractivity contribution is 5.78. The molecule has 0 aliphatic heterocycles. The molecule has 18 heavy (non-hydrogen) atoms. The zero-order valence-corrected chi connectivity index (χ0v) is 11.6. The number of carbonyl (C=O) groups excluding carboxylic acids is 1. The molecule has 0 bridgehead atoms. The second-order valence-electron chi connectivity index (χ2n) is 4.89. The second kappa shape index (κ2) is 7.10. The van der Waals surface area contributed by atoms with Gasteiger partial charge >= 0.3 is 0 Å². The van der Waals surface area contributed by atoms with Gasteiger partial charge in [-0.3, -0.25) is 4.79 Å². The highest BCUT2D eigenvalue weighted by atomic mass is 16.1. The summed E-state index contributed by atoms with van der Waals surface area (Å²) in [6.45, 7) is 7.26. The van der Waals surface area contributed by atoms with Gasteiger partial charge in [0.15, 0.2) is 0 Å². The molecule has 0 radical (unpaired) electrons. The molecule has 1 amide bonds. The molecule has 0 saturated carbocycles. The number of nitrogens with one attached hydrogen (secondary N) is 2. The molecule has 1 unspecified atom stereocenters. The van der Waals surface area contributed by atoms with Crippen molar-refractivity contribution in [3.05, 3.63) is 12.2 Å². The van der Waals surface area contributed by atoms with E-state index in [0.717, 1.165) is 18.8 Å². The Morgan fingerprint density at radius 1 is 1.44 bits per heavy atom. The summed E-state index contributed by atoms with van der Waals surface area (Å²) in [7, 11) is 1.91. The fraction of sp³-hybridized carbons (Fsp3) is 0.750. The lowest BCUT2D eigenvalue weighted by atomic mass is 10.1. The van der Waals surface area contributed by atoms with Crippen molar-refractivity contribution in [2.75, 3.05) is 13.1 Å². The van der Waals surface area contributed by atoms with Crippen LogP contribution >= 0.6 is 0 Å². The van der Waals surface area contributed by atoms with Crippen LogP contribution in [0.25, 0.3) is 0 Å². The summed E-state index contributed by atoms with van der Waals surface area (Å²) in [4.78, 5) is 11.6. The first kappa shape index (κ1) is 14.6. The van der Waals surface area contributed by atoms with E-state index in [4.69, 9.17) is 0 Å². The fourth-order valence-electron chi connectivity index (χ4n) is 1.41. The zero-order valence-electron chi connectivity index (χ0n) is 11.6. The van der Waals surface area contributed by atoms with E-state index in [0.29, 0.717) is 12.5 Å². The van der Waals surface area contributed by atoms with Gasteiger partial charge < -0.3 is 15.2 Å². The van der Waals surface area contributed by atoms with Gasteiger partial charge in [0.25, 0.3) is 0 Å². The predicted molar refractivity (Wildman–Crippen MR) is 70.0 cm³/mol. The van der Waals surface area contributed by atoms with Crippen LogP contribution in [0, 0.1) is 5.92 Å². The summed E-state index contributed by atoms with van der Waals surface area (Å²) in [6, 6.07) is 0.207. The highest BCUT2D eigenvalue weighted by Gasteiger charge is 2.10. The lowest BCUT2D eigenvalue weighted by molar-refractivity contribution is -0.121. The normalized spacial score (nSPS) is 12.7. The number of aryl methyl sites for hydroxylation is 1. The summed E-state index contributed by atoms with van der Waals surface area (Å²) in [5.41, 5.74) is 0. The van der Waals surface area contributed by atoms with Crippen LogP contribution in [0.15, 0.2) is 6.33 Å². The number of nitrogens with zero attached hydrogens (tertiary/aromatic N) is 3. The molecule has 1 aromatic rings. The summed E-state index contributed by atoms with van der Waals surface area (Å²) in [5.74, 6) is 1.40. The summed E-state index contributed by atoms with van der Waals surface area (Å²) in [5, 5.41) is 13.8. The van der Waals surface area contributed by atoms with Crippen molar-refractivity contribution in [2.24, 2.45) is 13.0 Å². The number of amides is 1. The van der Waals surface area contributed by atoms with Crippen molar-refractivity contribution in [3.8, 4) is 0 Å². The Kier molecular flexibility index (Phi) is 5.77. The van der Waals surface area contributed by atoms with E-state index >= 15 is 0 Å². The van der Waals surface area contributed by atoms with Gasteiger partial charge in [0.1, 0.15) is 12.2 Å². The first-order chi connectivity index (χ1) is 8.50. The lowest BCUT2D eigenvalue weighted by Crippen LogP contribution is -2.41. The molecule has 1 aromatic heterocycles. The molecule has 0 spiro atoms. The van der Waals surface area contributed by atoms with Crippen LogP contribution in [-0.2, 0) is 18.3 Å². The molecule has 0 aliphatic rings. The Morgan fingerprint density at radius 2 is 2.17 bits per heavy atom. The third kappa shape index (κ3) is 4.83. The molecule has 1 heterocycles. The molecule has 1 atom stereocenters. The summed E-state index contributed by atoms with van der Waals surface area (Å²) < 4.78 is 1.88. The van der Waals surface area contributed by atoms with Crippen LogP contribution in [0.4, 0.5) is 0 Å². The van der Waals surface area contributed by atoms with E-state index in [1.165, 1.54) is 0 Å². The third-order valence-corrected chi connectivity index (χ3v) is 3.00. The maximum atomic E-state index is 11.6. The van der Waals surface area contributed by atoms with Gasteiger partial charge in [-0.15, -0.1) is 10.2 Å². The molecule has 0 fully saturated rings. The van der Waals surface area contributed by atoms with E-state index in [1.54, 1.807) is 6.33 Å². The third-order valence-electron chi connectivity index (χ3n) is 3.00. The number of aromatic nitrogens is 3. The van der Waals surface area contributed by atoms with Crippen molar-refractivity contribution < 1.29 is 4.79 Å². The predicted octanol–water partition coefficient (Wildman–Crippen LogP) is 0.108. The Morgan fingerprint density at radius 3 is 2.72 bits per heavy atom. The molecule has 2 N–H and O–H groups in total. The average Bonchev–Trinajstić information content (AvgIpc) is 2.70. The van der Waals surface area contributed by atoms with E-state index in [9.17, 15) is 4.79 Å². The lowest BCUT2D eigenvalue weighted by Gasteiger charge is -2.17. The van der Waals surface area contributed by atoms with Crippen LogP contribution in [0.5, 0.6) is 0 Å². The van der Waals surface area contributed by atoms with Crippen LogP contribution < -0.4 is 10.6 Å². The molecule has 0 saturated heterocycles. The van der Waals surface area contributed by atoms with Gasteiger partial charge in [0, 0.05) is 26.1 Å². The van der Waals surface area contributed by atoms with Gasteiger partial charge in [0.2, 0.25) is 5.91 Å². The molecule has 1 rings (SSSR count). The van der Waals surface area contributed by atoms with Crippen molar-refractivity contribution in [1.82, 2.24) is 25.4 Å².